The molecular weight excluding hydrogens is 228 g/mol. The Morgan fingerprint density at radius 2 is 2.22 bits per heavy atom. The second-order valence-electron chi connectivity index (χ2n) is 5.05. The van der Waals surface area contributed by atoms with E-state index in [0.717, 1.165) is 24.2 Å². The van der Waals surface area contributed by atoms with E-state index in [4.69, 9.17) is 20.6 Å². The lowest BCUT2D eigenvalue weighted by Crippen LogP contribution is -2.20. The Morgan fingerprint density at radius 1 is 1.44 bits per heavy atom. The van der Waals surface area contributed by atoms with Crippen LogP contribution in [0.15, 0.2) is 24.3 Å². The van der Waals surface area contributed by atoms with Gasteiger partial charge in [-0.2, -0.15) is 0 Å². The predicted molar refractivity (Wildman–Crippen MR) is 70.8 cm³/mol. The van der Waals surface area contributed by atoms with Crippen molar-refractivity contribution in [1.29, 1.82) is 5.41 Å². The van der Waals surface area contributed by atoms with Gasteiger partial charge in [0.2, 0.25) is 0 Å². The van der Waals surface area contributed by atoms with Gasteiger partial charge in [0.25, 0.3) is 0 Å². The monoisotopic (exact) mass is 248 g/mol. The van der Waals surface area contributed by atoms with Gasteiger partial charge in [-0.25, -0.2) is 0 Å². The van der Waals surface area contributed by atoms with Gasteiger partial charge in [-0.05, 0) is 30.5 Å². The fourth-order valence-corrected chi connectivity index (χ4v) is 2.10. The van der Waals surface area contributed by atoms with Crippen LogP contribution in [0.3, 0.4) is 0 Å². The van der Waals surface area contributed by atoms with E-state index in [2.05, 4.69) is 0 Å². The van der Waals surface area contributed by atoms with Crippen LogP contribution in [-0.2, 0) is 11.3 Å². The lowest BCUT2D eigenvalue weighted by molar-refractivity contribution is 0.0801. The molecule has 1 aliphatic carbocycles. The van der Waals surface area contributed by atoms with E-state index in [1.807, 2.05) is 24.3 Å². The maximum atomic E-state index is 7.35. The van der Waals surface area contributed by atoms with Gasteiger partial charge in [0, 0.05) is 11.8 Å². The Morgan fingerprint density at radius 3 is 2.83 bits per heavy atom. The molecule has 0 unspecified atom stereocenters. The van der Waals surface area contributed by atoms with E-state index < -0.39 is 0 Å². The molecule has 4 nitrogen and oxygen atoms in total. The minimum Gasteiger partial charge on any atom is -0.497 e. The summed E-state index contributed by atoms with van der Waals surface area (Å²) in [6.07, 6.45) is 2.89. The summed E-state index contributed by atoms with van der Waals surface area (Å²) < 4.78 is 10.9. The smallest absolute Gasteiger partial charge is 0.119 e. The molecule has 3 N–H and O–H groups in total. The van der Waals surface area contributed by atoms with Crippen LogP contribution in [0.25, 0.3) is 0 Å². The summed E-state index contributed by atoms with van der Waals surface area (Å²) in [4.78, 5) is 0. The Hall–Kier alpha value is -1.55. The van der Waals surface area contributed by atoms with Crippen LogP contribution in [0, 0.1) is 10.8 Å². The molecule has 0 radical (unpaired) electrons. The number of ether oxygens (including phenoxy) is 2. The van der Waals surface area contributed by atoms with Crippen LogP contribution in [-0.4, -0.2) is 19.6 Å². The highest BCUT2D eigenvalue weighted by molar-refractivity contribution is 5.78. The van der Waals surface area contributed by atoms with Crippen molar-refractivity contribution in [3.05, 3.63) is 29.8 Å². The molecule has 2 rings (SSSR count). The molecule has 0 aliphatic heterocycles. The van der Waals surface area contributed by atoms with E-state index >= 15 is 0 Å². The average Bonchev–Trinajstić information content (AvgIpc) is 3.08. The summed E-state index contributed by atoms with van der Waals surface area (Å²) >= 11 is 0. The molecule has 0 spiro atoms. The Labute approximate surface area is 108 Å². The highest BCUT2D eigenvalue weighted by Crippen LogP contribution is 2.48. The summed E-state index contributed by atoms with van der Waals surface area (Å²) in [5, 5.41) is 7.35. The largest absolute Gasteiger partial charge is 0.497 e. The first-order valence-electron chi connectivity index (χ1n) is 6.17. The number of nitrogens with two attached hydrogens (primary N) is 1. The quantitative estimate of drug-likeness (QED) is 0.574. The first-order valence-corrected chi connectivity index (χ1v) is 6.17. The van der Waals surface area contributed by atoms with E-state index in [1.54, 1.807) is 7.11 Å². The molecule has 98 valence electrons. The van der Waals surface area contributed by atoms with Crippen molar-refractivity contribution >= 4 is 5.84 Å². The normalized spacial score (nSPS) is 16.3. The van der Waals surface area contributed by atoms with Gasteiger partial charge in [0.05, 0.1) is 26.2 Å². The second kappa shape index (κ2) is 5.40. The first-order chi connectivity index (χ1) is 8.63. The van der Waals surface area contributed by atoms with Crippen molar-refractivity contribution in [2.45, 2.75) is 25.9 Å². The zero-order chi connectivity index (χ0) is 13.0. The number of benzene rings is 1. The van der Waals surface area contributed by atoms with E-state index in [9.17, 15) is 0 Å². The van der Waals surface area contributed by atoms with Crippen molar-refractivity contribution < 1.29 is 9.47 Å². The maximum Gasteiger partial charge on any atom is 0.119 e. The Balaban J connectivity index is 1.80. The fourth-order valence-electron chi connectivity index (χ4n) is 2.10. The predicted octanol–water partition coefficient (Wildman–Crippen LogP) is 2.32. The number of methoxy groups -OCH3 is 1. The van der Waals surface area contributed by atoms with E-state index in [1.165, 1.54) is 0 Å². The molecule has 0 saturated heterocycles. The third kappa shape index (κ3) is 3.47. The molecule has 1 fully saturated rings. The lowest BCUT2D eigenvalue weighted by atomic mass is 10.0. The zero-order valence-corrected chi connectivity index (χ0v) is 10.7. The van der Waals surface area contributed by atoms with E-state index in [-0.39, 0.29) is 11.3 Å². The van der Waals surface area contributed by atoms with E-state index in [0.29, 0.717) is 19.6 Å². The van der Waals surface area contributed by atoms with Crippen LogP contribution in [0.1, 0.15) is 24.8 Å². The average molecular weight is 248 g/mol. The molecule has 0 aromatic heterocycles. The number of hydrogen-bond acceptors (Lipinski definition) is 3. The molecular formula is C14H20N2O2. The lowest BCUT2D eigenvalue weighted by Gasteiger charge is -2.14. The van der Waals surface area contributed by atoms with Crippen LogP contribution in [0.4, 0.5) is 0 Å². The summed E-state index contributed by atoms with van der Waals surface area (Å²) in [5.41, 5.74) is 6.70. The number of amidine groups is 1. The first kappa shape index (κ1) is 12.9. The van der Waals surface area contributed by atoms with Crippen molar-refractivity contribution in [3.8, 4) is 5.75 Å². The molecule has 1 aromatic rings. The van der Waals surface area contributed by atoms with Crippen molar-refractivity contribution in [3.63, 3.8) is 0 Å². The van der Waals surface area contributed by atoms with Gasteiger partial charge < -0.3 is 15.2 Å². The van der Waals surface area contributed by atoms with Gasteiger partial charge in [0.15, 0.2) is 0 Å². The fraction of sp³-hybridized carbons (Fsp3) is 0.500. The van der Waals surface area contributed by atoms with Gasteiger partial charge >= 0.3 is 0 Å². The van der Waals surface area contributed by atoms with Crippen LogP contribution in [0.2, 0.25) is 0 Å². The molecule has 4 heteroatoms. The zero-order valence-electron chi connectivity index (χ0n) is 10.7. The molecule has 1 saturated carbocycles. The Kier molecular flexibility index (Phi) is 3.87. The highest BCUT2D eigenvalue weighted by Gasteiger charge is 2.43. The molecule has 1 aliphatic rings. The van der Waals surface area contributed by atoms with Crippen LogP contribution < -0.4 is 10.5 Å². The molecule has 18 heavy (non-hydrogen) atoms. The molecule has 0 atom stereocenters. The van der Waals surface area contributed by atoms with Gasteiger partial charge in [-0.3, -0.25) is 5.41 Å². The highest BCUT2D eigenvalue weighted by atomic mass is 16.5. The molecule has 1 aromatic carbocycles. The number of rotatable bonds is 7. The maximum absolute atomic E-state index is 7.35. The summed E-state index contributed by atoms with van der Waals surface area (Å²) in [6.45, 7) is 1.26. The minimum absolute atomic E-state index is 0.144. The third-order valence-electron chi connectivity index (χ3n) is 3.33. The van der Waals surface area contributed by atoms with Gasteiger partial charge in [0.1, 0.15) is 5.75 Å². The summed E-state index contributed by atoms with van der Waals surface area (Å²) in [7, 11) is 1.66. The standard InChI is InChI=1S/C14H20N2O2/c1-17-12-4-2-3-11(7-12)9-18-10-14(5-6-14)8-13(15)16/h2-4,7H,5-6,8-10H2,1H3,(H3,15,16). The number of hydrogen-bond donors (Lipinski definition) is 2. The van der Waals surface area contributed by atoms with Crippen LogP contribution >= 0.6 is 0 Å². The minimum atomic E-state index is 0.144. The SMILES string of the molecule is COc1cccc(COCC2(CC(=N)N)CC2)c1. The molecule has 0 bridgehead atoms. The van der Waals surface area contributed by atoms with Crippen molar-refractivity contribution in [2.75, 3.05) is 13.7 Å². The summed E-state index contributed by atoms with van der Waals surface area (Å²) in [6, 6.07) is 7.87. The molecule has 0 heterocycles. The van der Waals surface area contributed by atoms with Crippen LogP contribution in [0.5, 0.6) is 5.75 Å². The van der Waals surface area contributed by atoms with Gasteiger partial charge in [-0.1, -0.05) is 12.1 Å². The van der Waals surface area contributed by atoms with Gasteiger partial charge in [-0.15, -0.1) is 0 Å². The van der Waals surface area contributed by atoms with Crippen molar-refractivity contribution in [2.24, 2.45) is 11.1 Å². The second-order valence-corrected chi connectivity index (χ2v) is 5.05. The van der Waals surface area contributed by atoms with Crippen molar-refractivity contribution in [1.82, 2.24) is 0 Å². The Bertz CT molecular complexity index is 428. The topological polar surface area (TPSA) is 68.3 Å². The molecule has 0 amide bonds. The summed E-state index contributed by atoms with van der Waals surface area (Å²) in [5.74, 6) is 1.11. The number of nitrogens with one attached hydrogen (secondary N) is 1. The third-order valence-corrected chi connectivity index (χ3v) is 3.33.